The number of benzene rings is 2. The van der Waals surface area contributed by atoms with Gasteiger partial charge in [-0.1, -0.05) is 12.1 Å². The van der Waals surface area contributed by atoms with Crippen molar-refractivity contribution < 1.29 is 9.59 Å². The second-order valence-electron chi connectivity index (χ2n) is 6.59. The number of rotatable bonds is 5. The van der Waals surface area contributed by atoms with Crippen LogP contribution >= 0.6 is 0 Å². The molecule has 0 aliphatic rings. The Kier molecular flexibility index (Phi) is 5.41. The average molecular weight is 361 g/mol. The standard InChI is InChI=1S/C22H23N3O2/c1-16-7-6-8-20(17(16)2)23-21(26)15-24(3)22(27)18-9-11-19(12-10-18)25-13-4-5-14-25/h4-14H,15H2,1-3H3,(H,23,26). The normalized spacial score (nSPS) is 10.5. The molecule has 5 heteroatoms. The van der Waals surface area contributed by atoms with Crippen LogP contribution in [0.5, 0.6) is 0 Å². The molecule has 0 fully saturated rings. The summed E-state index contributed by atoms with van der Waals surface area (Å²) in [5, 5.41) is 2.88. The lowest BCUT2D eigenvalue weighted by atomic mass is 10.1. The fraction of sp³-hybridized carbons (Fsp3) is 0.182. The first-order valence-corrected chi connectivity index (χ1v) is 8.80. The molecule has 1 N–H and O–H groups in total. The van der Waals surface area contributed by atoms with Gasteiger partial charge in [-0.15, -0.1) is 0 Å². The second kappa shape index (κ2) is 7.91. The topological polar surface area (TPSA) is 54.3 Å². The van der Waals surface area contributed by atoms with Crippen molar-refractivity contribution >= 4 is 17.5 Å². The SMILES string of the molecule is Cc1cccc(NC(=O)CN(C)C(=O)c2ccc(-n3cccc3)cc2)c1C. The first kappa shape index (κ1) is 18.5. The highest BCUT2D eigenvalue weighted by Gasteiger charge is 2.16. The number of aryl methyl sites for hydroxylation is 1. The lowest BCUT2D eigenvalue weighted by Gasteiger charge is -2.18. The molecule has 0 bridgehead atoms. The van der Waals surface area contributed by atoms with Gasteiger partial charge in [-0.25, -0.2) is 0 Å². The largest absolute Gasteiger partial charge is 0.332 e. The maximum absolute atomic E-state index is 12.6. The van der Waals surface area contributed by atoms with Crippen LogP contribution in [0.2, 0.25) is 0 Å². The van der Waals surface area contributed by atoms with Gasteiger partial charge in [-0.05, 0) is 67.4 Å². The van der Waals surface area contributed by atoms with Gasteiger partial charge in [0.25, 0.3) is 5.91 Å². The third-order valence-corrected chi connectivity index (χ3v) is 4.62. The molecular weight excluding hydrogens is 338 g/mol. The molecule has 3 aromatic rings. The van der Waals surface area contributed by atoms with Crippen molar-refractivity contribution in [3.63, 3.8) is 0 Å². The van der Waals surface area contributed by atoms with E-state index in [9.17, 15) is 9.59 Å². The summed E-state index contributed by atoms with van der Waals surface area (Å²) in [5.74, 6) is -0.409. The van der Waals surface area contributed by atoms with Gasteiger partial charge in [0.2, 0.25) is 5.91 Å². The Morgan fingerprint density at radius 1 is 0.963 bits per heavy atom. The number of hydrogen-bond donors (Lipinski definition) is 1. The maximum atomic E-state index is 12.6. The van der Waals surface area contributed by atoms with E-state index in [2.05, 4.69) is 5.32 Å². The van der Waals surface area contributed by atoms with Crippen molar-refractivity contribution in [2.75, 3.05) is 18.9 Å². The Bertz CT molecular complexity index is 944. The molecule has 138 valence electrons. The van der Waals surface area contributed by atoms with Crippen LogP contribution in [0.15, 0.2) is 67.0 Å². The van der Waals surface area contributed by atoms with Gasteiger partial charge < -0.3 is 14.8 Å². The molecule has 0 radical (unpaired) electrons. The van der Waals surface area contributed by atoms with Gasteiger partial charge in [0.05, 0.1) is 6.54 Å². The van der Waals surface area contributed by atoms with Gasteiger partial charge in [0.15, 0.2) is 0 Å². The molecule has 3 rings (SSSR count). The molecule has 2 aromatic carbocycles. The van der Waals surface area contributed by atoms with E-state index in [0.717, 1.165) is 22.5 Å². The number of carbonyl (C=O) groups excluding carboxylic acids is 2. The van der Waals surface area contributed by atoms with Crippen molar-refractivity contribution in [3.05, 3.63) is 83.7 Å². The lowest BCUT2D eigenvalue weighted by molar-refractivity contribution is -0.116. The molecule has 2 amide bonds. The minimum Gasteiger partial charge on any atom is -0.332 e. The Labute approximate surface area is 159 Å². The number of amides is 2. The van der Waals surface area contributed by atoms with Crippen LogP contribution in [0.3, 0.4) is 0 Å². The third-order valence-electron chi connectivity index (χ3n) is 4.62. The first-order chi connectivity index (χ1) is 13.0. The molecule has 0 saturated carbocycles. The summed E-state index contributed by atoms with van der Waals surface area (Å²) in [6.45, 7) is 3.95. The molecule has 0 aliphatic heterocycles. The highest BCUT2D eigenvalue weighted by molar-refractivity contribution is 5.99. The summed E-state index contributed by atoms with van der Waals surface area (Å²) < 4.78 is 1.97. The predicted molar refractivity (Wildman–Crippen MR) is 107 cm³/mol. The van der Waals surface area contributed by atoms with E-state index >= 15 is 0 Å². The van der Waals surface area contributed by atoms with Crippen molar-refractivity contribution in [1.29, 1.82) is 0 Å². The Morgan fingerprint density at radius 3 is 2.30 bits per heavy atom. The number of nitrogens with zero attached hydrogens (tertiary/aromatic N) is 2. The van der Waals surface area contributed by atoms with E-state index in [1.54, 1.807) is 19.2 Å². The van der Waals surface area contributed by atoms with Crippen molar-refractivity contribution in [1.82, 2.24) is 9.47 Å². The molecule has 0 aliphatic carbocycles. The van der Waals surface area contributed by atoms with Crippen molar-refractivity contribution in [2.24, 2.45) is 0 Å². The summed E-state index contributed by atoms with van der Waals surface area (Å²) in [4.78, 5) is 26.3. The Morgan fingerprint density at radius 2 is 1.63 bits per heavy atom. The summed E-state index contributed by atoms with van der Waals surface area (Å²) in [6.07, 6.45) is 3.89. The van der Waals surface area contributed by atoms with Crippen molar-refractivity contribution in [2.45, 2.75) is 13.8 Å². The Balaban J connectivity index is 1.63. The van der Waals surface area contributed by atoms with Gasteiger partial charge in [-0.3, -0.25) is 9.59 Å². The maximum Gasteiger partial charge on any atom is 0.254 e. The van der Waals surface area contributed by atoms with E-state index in [1.807, 2.05) is 73.3 Å². The fourth-order valence-electron chi connectivity index (χ4n) is 2.87. The van der Waals surface area contributed by atoms with Crippen LogP contribution < -0.4 is 5.32 Å². The van der Waals surface area contributed by atoms with Crippen molar-refractivity contribution in [3.8, 4) is 5.69 Å². The van der Waals surface area contributed by atoms with E-state index < -0.39 is 0 Å². The average Bonchev–Trinajstić information content (AvgIpc) is 3.19. The lowest BCUT2D eigenvalue weighted by Crippen LogP contribution is -2.35. The van der Waals surface area contributed by atoms with Crippen LogP contribution in [0.25, 0.3) is 5.69 Å². The van der Waals surface area contributed by atoms with E-state index in [0.29, 0.717) is 5.56 Å². The summed E-state index contributed by atoms with van der Waals surface area (Å²) >= 11 is 0. The number of likely N-dealkylation sites (N-methyl/N-ethyl adjacent to an activating group) is 1. The quantitative estimate of drug-likeness (QED) is 0.751. The molecule has 0 unspecified atom stereocenters. The molecule has 0 saturated heterocycles. The number of hydrogen-bond acceptors (Lipinski definition) is 2. The monoisotopic (exact) mass is 361 g/mol. The van der Waals surface area contributed by atoms with E-state index in [-0.39, 0.29) is 18.4 Å². The zero-order valence-corrected chi connectivity index (χ0v) is 15.8. The number of aromatic nitrogens is 1. The van der Waals surface area contributed by atoms with Gasteiger partial charge in [0, 0.05) is 36.4 Å². The minimum atomic E-state index is -0.219. The second-order valence-corrected chi connectivity index (χ2v) is 6.59. The third kappa shape index (κ3) is 4.26. The number of anilines is 1. The van der Waals surface area contributed by atoms with Gasteiger partial charge in [-0.2, -0.15) is 0 Å². The molecule has 1 heterocycles. The van der Waals surface area contributed by atoms with E-state index in [1.165, 1.54) is 4.90 Å². The van der Waals surface area contributed by atoms with Gasteiger partial charge in [0.1, 0.15) is 0 Å². The zero-order chi connectivity index (χ0) is 19.4. The number of carbonyl (C=O) groups is 2. The van der Waals surface area contributed by atoms with Gasteiger partial charge >= 0.3 is 0 Å². The molecule has 5 nitrogen and oxygen atoms in total. The summed E-state index contributed by atoms with van der Waals surface area (Å²) in [5.41, 5.74) is 4.44. The van der Waals surface area contributed by atoms with Crippen LogP contribution in [0.4, 0.5) is 5.69 Å². The summed E-state index contributed by atoms with van der Waals surface area (Å²) in [6, 6.07) is 17.0. The van der Waals surface area contributed by atoms with Crippen LogP contribution in [-0.2, 0) is 4.79 Å². The predicted octanol–water partition coefficient (Wildman–Crippen LogP) is 3.80. The number of nitrogens with one attached hydrogen (secondary N) is 1. The molecule has 27 heavy (non-hydrogen) atoms. The molecule has 0 atom stereocenters. The highest BCUT2D eigenvalue weighted by Crippen LogP contribution is 2.18. The smallest absolute Gasteiger partial charge is 0.254 e. The van der Waals surface area contributed by atoms with Crippen LogP contribution in [0, 0.1) is 13.8 Å². The molecular formula is C22H23N3O2. The Hall–Kier alpha value is -3.34. The highest BCUT2D eigenvalue weighted by atomic mass is 16.2. The molecule has 0 spiro atoms. The zero-order valence-electron chi connectivity index (χ0n) is 15.8. The van der Waals surface area contributed by atoms with Crippen LogP contribution in [-0.4, -0.2) is 34.9 Å². The minimum absolute atomic E-state index is 0.00837. The first-order valence-electron chi connectivity index (χ1n) is 8.80. The summed E-state index contributed by atoms with van der Waals surface area (Å²) in [7, 11) is 1.63. The van der Waals surface area contributed by atoms with Crippen LogP contribution in [0.1, 0.15) is 21.5 Å². The molecule has 1 aromatic heterocycles. The van der Waals surface area contributed by atoms with E-state index in [4.69, 9.17) is 0 Å². The fourth-order valence-corrected chi connectivity index (χ4v) is 2.87.